The lowest BCUT2D eigenvalue weighted by Crippen LogP contribution is -2.60. The lowest BCUT2D eigenvalue weighted by molar-refractivity contribution is -0.148. The van der Waals surface area contributed by atoms with Crippen molar-refractivity contribution in [1.82, 2.24) is 15.5 Å². The van der Waals surface area contributed by atoms with Crippen LogP contribution in [0.2, 0.25) is 0 Å². The molecule has 146 valence electrons. The number of piperazine rings is 1. The Morgan fingerprint density at radius 3 is 2.67 bits per heavy atom. The van der Waals surface area contributed by atoms with E-state index in [0.717, 1.165) is 4.47 Å². The highest BCUT2D eigenvalue weighted by atomic mass is 79.9. The zero-order chi connectivity index (χ0) is 20.0. The molecular weight excluding hydrogens is 434 g/mol. The number of halogens is 1. The number of carbonyl (C=O) groups excluding carboxylic acids is 3. The highest BCUT2D eigenvalue weighted by Crippen LogP contribution is 2.13. The van der Waals surface area contributed by atoms with Crippen molar-refractivity contribution >= 4 is 51.0 Å². The number of nitrogens with zero attached hydrogens (tertiary/aromatic N) is 1. The van der Waals surface area contributed by atoms with E-state index in [4.69, 9.17) is 17.0 Å². The van der Waals surface area contributed by atoms with Crippen molar-refractivity contribution < 1.29 is 19.1 Å². The van der Waals surface area contributed by atoms with Gasteiger partial charge in [0.1, 0.15) is 6.04 Å². The van der Waals surface area contributed by atoms with E-state index in [-0.39, 0.29) is 35.9 Å². The Bertz CT molecular complexity index is 724. The topological polar surface area (TPSA) is 87.7 Å². The summed E-state index contributed by atoms with van der Waals surface area (Å²) in [6, 6.07) is 6.01. The van der Waals surface area contributed by atoms with Gasteiger partial charge in [-0.2, -0.15) is 0 Å². The molecule has 1 aromatic rings. The number of rotatable bonds is 5. The summed E-state index contributed by atoms with van der Waals surface area (Å²) in [6.45, 7) is 4.93. The number of amides is 2. The fourth-order valence-electron chi connectivity index (χ4n) is 2.48. The van der Waals surface area contributed by atoms with Crippen molar-refractivity contribution in [3.8, 4) is 0 Å². The zero-order valence-corrected chi connectivity index (χ0v) is 17.6. The van der Waals surface area contributed by atoms with Gasteiger partial charge in [0.25, 0.3) is 5.91 Å². The third-order valence-corrected chi connectivity index (χ3v) is 4.72. The minimum atomic E-state index is -0.809. The van der Waals surface area contributed by atoms with Crippen LogP contribution in [0.5, 0.6) is 0 Å². The quantitative estimate of drug-likeness (QED) is 0.520. The van der Waals surface area contributed by atoms with Crippen molar-refractivity contribution in [2.24, 2.45) is 5.92 Å². The van der Waals surface area contributed by atoms with Crippen LogP contribution in [0.15, 0.2) is 28.7 Å². The lowest BCUT2D eigenvalue weighted by Gasteiger charge is -2.36. The largest absolute Gasteiger partial charge is 0.465 e. The number of carbonyl (C=O) groups is 3. The Morgan fingerprint density at radius 1 is 1.37 bits per heavy atom. The Balaban J connectivity index is 2.02. The number of thiocarbonyl (C=S) groups is 1. The molecule has 1 atom stereocenters. The molecule has 7 nitrogen and oxygen atoms in total. The molecule has 1 aliphatic heterocycles. The summed E-state index contributed by atoms with van der Waals surface area (Å²) in [6.07, 6.45) is -0.132. The summed E-state index contributed by atoms with van der Waals surface area (Å²) in [4.78, 5) is 38.2. The SMILES string of the molecule is CC(C)COC(=O)CC1C(=O)NCCN1C(=S)NC(=O)c1ccc(Br)cc1. The molecule has 1 fully saturated rings. The maximum atomic E-state index is 12.4. The minimum absolute atomic E-state index is 0.111. The lowest BCUT2D eigenvalue weighted by atomic mass is 10.1. The molecule has 2 rings (SSSR count). The highest BCUT2D eigenvalue weighted by molar-refractivity contribution is 9.10. The van der Waals surface area contributed by atoms with Gasteiger partial charge in [-0.1, -0.05) is 29.8 Å². The van der Waals surface area contributed by atoms with E-state index in [1.807, 2.05) is 13.8 Å². The summed E-state index contributed by atoms with van der Waals surface area (Å²) < 4.78 is 6.02. The van der Waals surface area contributed by atoms with Crippen molar-refractivity contribution in [3.63, 3.8) is 0 Å². The molecule has 1 saturated heterocycles. The molecule has 1 heterocycles. The van der Waals surface area contributed by atoms with Crippen molar-refractivity contribution in [1.29, 1.82) is 0 Å². The van der Waals surface area contributed by atoms with Crippen LogP contribution in [0, 0.1) is 5.92 Å². The van der Waals surface area contributed by atoms with E-state index in [0.29, 0.717) is 18.7 Å². The van der Waals surface area contributed by atoms with Crippen LogP contribution in [0.1, 0.15) is 30.6 Å². The molecule has 2 N–H and O–H groups in total. The molecule has 2 amide bonds. The average molecular weight is 456 g/mol. The molecular formula is C18H22BrN3O4S. The zero-order valence-electron chi connectivity index (χ0n) is 15.2. The second-order valence-corrected chi connectivity index (χ2v) is 7.85. The van der Waals surface area contributed by atoms with Gasteiger partial charge in [0.05, 0.1) is 13.0 Å². The standard InChI is InChI=1S/C18H22BrN3O4S/c1-11(2)10-26-15(23)9-14-17(25)20-7-8-22(14)18(27)21-16(24)12-3-5-13(19)6-4-12/h3-6,11,14H,7-10H2,1-2H3,(H,20,25)(H,21,24,27). The van der Waals surface area contributed by atoms with Gasteiger partial charge < -0.3 is 15.0 Å². The van der Waals surface area contributed by atoms with Gasteiger partial charge in [0.2, 0.25) is 5.91 Å². The van der Waals surface area contributed by atoms with Crippen LogP contribution in [0.4, 0.5) is 0 Å². The highest BCUT2D eigenvalue weighted by Gasteiger charge is 2.34. The van der Waals surface area contributed by atoms with E-state index in [9.17, 15) is 14.4 Å². The Labute approximate surface area is 171 Å². The van der Waals surface area contributed by atoms with Gasteiger partial charge in [-0.15, -0.1) is 0 Å². The summed E-state index contributed by atoms with van der Waals surface area (Å²) in [5.41, 5.74) is 0.440. The number of esters is 1. The van der Waals surface area contributed by atoms with Crippen LogP contribution < -0.4 is 10.6 Å². The van der Waals surface area contributed by atoms with Gasteiger partial charge in [-0.05, 0) is 42.4 Å². The smallest absolute Gasteiger partial charge is 0.308 e. The summed E-state index contributed by atoms with van der Waals surface area (Å²) in [5.74, 6) is -0.961. The number of ether oxygens (including phenoxy) is 1. The Hall–Kier alpha value is -2.00. The summed E-state index contributed by atoms with van der Waals surface area (Å²) in [7, 11) is 0. The molecule has 0 bridgehead atoms. The predicted molar refractivity (Wildman–Crippen MR) is 108 cm³/mol. The van der Waals surface area contributed by atoms with Crippen molar-refractivity contribution in [3.05, 3.63) is 34.3 Å². The maximum Gasteiger partial charge on any atom is 0.308 e. The minimum Gasteiger partial charge on any atom is -0.465 e. The van der Waals surface area contributed by atoms with E-state index in [1.165, 1.54) is 0 Å². The molecule has 0 radical (unpaired) electrons. The molecule has 27 heavy (non-hydrogen) atoms. The third-order valence-electron chi connectivity index (χ3n) is 3.86. The maximum absolute atomic E-state index is 12.4. The summed E-state index contributed by atoms with van der Waals surface area (Å²) >= 11 is 8.63. The van der Waals surface area contributed by atoms with E-state index in [1.54, 1.807) is 29.2 Å². The van der Waals surface area contributed by atoms with E-state index in [2.05, 4.69) is 26.6 Å². The number of benzene rings is 1. The molecule has 0 aliphatic carbocycles. The van der Waals surface area contributed by atoms with Crippen LogP contribution in [0.25, 0.3) is 0 Å². The Morgan fingerprint density at radius 2 is 2.04 bits per heavy atom. The van der Waals surface area contributed by atoms with Gasteiger partial charge in [-0.25, -0.2) is 0 Å². The first kappa shape index (κ1) is 21.3. The van der Waals surface area contributed by atoms with E-state index >= 15 is 0 Å². The first-order valence-electron chi connectivity index (χ1n) is 8.58. The monoisotopic (exact) mass is 455 g/mol. The summed E-state index contributed by atoms with van der Waals surface area (Å²) in [5, 5.41) is 5.45. The van der Waals surface area contributed by atoms with Crippen molar-refractivity contribution in [2.75, 3.05) is 19.7 Å². The van der Waals surface area contributed by atoms with Gasteiger partial charge in [0.15, 0.2) is 5.11 Å². The predicted octanol–water partition coefficient (Wildman–Crippen LogP) is 1.85. The molecule has 0 saturated carbocycles. The van der Waals surface area contributed by atoms with Crippen LogP contribution in [-0.2, 0) is 14.3 Å². The van der Waals surface area contributed by atoms with Gasteiger partial charge in [0, 0.05) is 23.1 Å². The van der Waals surface area contributed by atoms with Gasteiger partial charge in [-0.3, -0.25) is 19.7 Å². The third kappa shape index (κ3) is 6.28. The fraction of sp³-hybridized carbons (Fsp3) is 0.444. The van der Waals surface area contributed by atoms with Gasteiger partial charge >= 0.3 is 5.97 Å². The second-order valence-electron chi connectivity index (χ2n) is 6.55. The molecule has 1 unspecified atom stereocenters. The van der Waals surface area contributed by atoms with Crippen molar-refractivity contribution in [2.45, 2.75) is 26.3 Å². The average Bonchev–Trinajstić information content (AvgIpc) is 2.62. The molecule has 1 aliphatic rings. The molecule has 1 aromatic carbocycles. The Kier molecular flexibility index (Phi) is 7.73. The normalized spacial score (nSPS) is 16.7. The van der Waals surface area contributed by atoms with E-state index < -0.39 is 12.0 Å². The second kappa shape index (κ2) is 9.80. The molecule has 9 heteroatoms. The number of nitrogens with one attached hydrogen (secondary N) is 2. The number of hydrogen-bond acceptors (Lipinski definition) is 5. The van der Waals surface area contributed by atoms with Crippen LogP contribution >= 0.6 is 28.1 Å². The first-order valence-corrected chi connectivity index (χ1v) is 9.79. The molecule has 0 spiro atoms. The van der Waals surface area contributed by atoms with Crippen LogP contribution in [0.3, 0.4) is 0 Å². The van der Waals surface area contributed by atoms with Crippen LogP contribution in [-0.4, -0.2) is 53.5 Å². The fourth-order valence-corrected chi connectivity index (χ4v) is 3.06. The first-order chi connectivity index (χ1) is 12.8. The number of hydrogen-bond donors (Lipinski definition) is 2. The molecule has 0 aromatic heterocycles.